The summed E-state index contributed by atoms with van der Waals surface area (Å²) in [6, 6.07) is 6.27. The van der Waals surface area contributed by atoms with E-state index in [9.17, 15) is 9.59 Å². The molecular formula is C23H27N5O3. The highest BCUT2D eigenvalue weighted by molar-refractivity contribution is 5.96. The molecule has 8 heteroatoms. The molecule has 0 saturated heterocycles. The predicted molar refractivity (Wildman–Crippen MR) is 120 cm³/mol. The van der Waals surface area contributed by atoms with Gasteiger partial charge in [-0.3, -0.25) is 14.4 Å². The van der Waals surface area contributed by atoms with Crippen LogP contribution in [-0.4, -0.2) is 34.1 Å². The Bertz CT molecular complexity index is 1170. The summed E-state index contributed by atoms with van der Waals surface area (Å²) in [5.74, 6) is -0.146. The first kappa shape index (κ1) is 21.0. The molecule has 2 aromatic heterocycles. The maximum Gasteiger partial charge on any atom is 0.280 e. The fourth-order valence-corrected chi connectivity index (χ4v) is 3.95. The van der Waals surface area contributed by atoms with Crippen molar-refractivity contribution in [1.29, 1.82) is 0 Å². The molecule has 0 bridgehead atoms. The number of pyridine rings is 1. The number of carbonyl (C=O) groups excluding carboxylic acids is 1. The van der Waals surface area contributed by atoms with E-state index < -0.39 is 11.3 Å². The van der Waals surface area contributed by atoms with E-state index >= 15 is 0 Å². The molecule has 0 saturated carbocycles. The van der Waals surface area contributed by atoms with Crippen molar-refractivity contribution in [2.75, 3.05) is 19.0 Å². The summed E-state index contributed by atoms with van der Waals surface area (Å²) in [5, 5.41) is 3.49. The van der Waals surface area contributed by atoms with Gasteiger partial charge in [-0.15, -0.1) is 0 Å². The summed E-state index contributed by atoms with van der Waals surface area (Å²) < 4.78 is 1.79. The smallest absolute Gasteiger partial charge is 0.280 e. The van der Waals surface area contributed by atoms with Crippen molar-refractivity contribution in [2.24, 2.45) is 0 Å². The molecule has 0 radical (unpaired) electrons. The van der Waals surface area contributed by atoms with Crippen LogP contribution in [-0.2, 0) is 17.7 Å². The van der Waals surface area contributed by atoms with Crippen molar-refractivity contribution in [3.8, 4) is 5.69 Å². The van der Waals surface area contributed by atoms with Gasteiger partial charge in [-0.2, -0.15) is 4.98 Å². The van der Waals surface area contributed by atoms with Crippen molar-refractivity contribution >= 4 is 22.9 Å². The number of rotatable bonds is 7. The Morgan fingerprint density at radius 1 is 1.23 bits per heavy atom. The lowest BCUT2D eigenvalue weighted by Gasteiger charge is -2.19. The summed E-state index contributed by atoms with van der Waals surface area (Å²) in [6.45, 7) is 2.86. The number of hydrogen-bond donors (Lipinski definition) is 2. The van der Waals surface area contributed by atoms with Crippen LogP contribution < -0.4 is 16.2 Å². The number of nitrogens with zero attached hydrogens (tertiary/aromatic N) is 3. The molecule has 1 amide bonds. The van der Waals surface area contributed by atoms with Gasteiger partial charge >= 0.3 is 0 Å². The van der Waals surface area contributed by atoms with Gasteiger partial charge in [0.15, 0.2) is 5.65 Å². The van der Waals surface area contributed by atoms with Crippen molar-refractivity contribution in [3.05, 3.63) is 57.5 Å². The zero-order valence-corrected chi connectivity index (χ0v) is 17.9. The molecule has 1 aliphatic carbocycles. The van der Waals surface area contributed by atoms with Gasteiger partial charge in [-0.1, -0.05) is 19.4 Å². The summed E-state index contributed by atoms with van der Waals surface area (Å²) in [4.78, 5) is 39.1. The van der Waals surface area contributed by atoms with Gasteiger partial charge in [-0.25, -0.2) is 10.5 Å². The van der Waals surface area contributed by atoms with Crippen LogP contribution in [0.1, 0.15) is 54.1 Å². The molecule has 1 aliphatic rings. The molecule has 8 nitrogen and oxygen atoms in total. The first-order valence-corrected chi connectivity index (χ1v) is 10.7. The molecule has 31 heavy (non-hydrogen) atoms. The van der Waals surface area contributed by atoms with Crippen LogP contribution in [0.15, 0.2) is 35.4 Å². The second-order valence-corrected chi connectivity index (χ2v) is 7.75. The normalized spacial score (nSPS) is 13.1. The number of hydrogen-bond acceptors (Lipinski definition) is 6. The molecular weight excluding hydrogens is 394 g/mol. The predicted octanol–water partition coefficient (Wildman–Crippen LogP) is 3.16. The average molecular weight is 422 g/mol. The van der Waals surface area contributed by atoms with Gasteiger partial charge in [0.2, 0.25) is 11.4 Å². The Morgan fingerprint density at radius 2 is 2.03 bits per heavy atom. The van der Waals surface area contributed by atoms with E-state index in [1.165, 1.54) is 37.1 Å². The molecule has 0 unspecified atom stereocenters. The topological polar surface area (TPSA) is 98.1 Å². The van der Waals surface area contributed by atoms with E-state index in [0.29, 0.717) is 11.6 Å². The third kappa shape index (κ3) is 4.29. The maximum absolute atomic E-state index is 13.0. The van der Waals surface area contributed by atoms with E-state index in [1.807, 2.05) is 6.07 Å². The maximum atomic E-state index is 13.0. The molecule has 0 fully saturated rings. The molecule has 0 aliphatic heterocycles. The zero-order valence-electron chi connectivity index (χ0n) is 17.9. The third-order valence-electron chi connectivity index (χ3n) is 5.61. The van der Waals surface area contributed by atoms with Gasteiger partial charge in [0.25, 0.3) is 5.91 Å². The second-order valence-electron chi connectivity index (χ2n) is 7.75. The van der Waals surface area contributed by atoms with Crippen LogP contribution in [0, 0.1) is 0 Å². The fraction of sp³-hybridized carbons (Fsp3) is 0.391. The molecule has 4 rings (SSSR count). The summed E-state index contributed by atoms with van der Waals surface area (Å²) in [7, 11) is 1.33. The first-order valence-electron chi connectivity index (χ1n) is 10.7. The number of aryl methyl sites for hydroxylation is 2. The van der Waals surface area contributed by atoms with E-state index in [-0.39, 0.29) is 10.9 Å². The Hall–Kier alpha value is -3.26. The van der Waals surface area contributed by atoms with Crippen LogP contribution in [0.25, 0.3) is 16.7 Å². The quantitative estimate of drug-likeness (QED) is 0.449. The lowest BCUT2D eigenvalue weighted by molar-refractivity contribution is 0.0536. The minimum absolute atomic E-state index is 0.0256. The van der Waals surface area contributed by atoms with Crippen molar-refractivity contribution < 1.29 is 9.63 Å². The molecule has 162 valence electrons. The molecule has 0 spiro atoms. The summed E-state index contributed by atoms with van der Waals surface area (Å²) in [5.41, 5.74) is 5.75. The minimum Gasteiger partial charge on any atom is -0.354 e. The zero-order chi connectivity index (χ0) is 21.8. The molecule has 1 aromatic carbocycles. The van der Waals surface area contributed by atoms with Crippen molar-refractivity contribution in [2.45, 2.75) is 45.4 Å². The van der Waals surface area contributed by atoms with E-state index in [1.54, 1.807) is 4.57 Å². The lowest BCUT2D eigenvalue weighted by atomic mass is 9.91. The fourth-order valence-electron chi connectivity index (χ4n) is 3.95. The number of unbranched alkanes of at least 4 members (excludes halogenated alkanes) is 1. The Morgan fingerprint density at radius 3 is 2.81 bits per heavy atom. The SMILES string of the molecule is CCCCNc1ncc2c(=O)c(C(=O)NOC)cn(-c3ccc4c(c3)CCCC4)c2n1. The van der Waals surface area contributed by atoms with Crippen molar-refractivity contribution in [1.82, 2.24) is 20.0 Å². The number of fused-ring (bicyclic) bond motifs is 2. The number of carbonyl (C=O) groups is 1. The monoisotopic (exact) mass is 421 g/mol. The van der Waals surface area contributed by atoms with Gasteiger partial charge in [0.05, 0.1) is 12.5 Å². The molecule has 0 atom stereocenters. The molecule has 2 N–H and O–H groups in total. The van der Waals surface area contributed by atoms with E-state index in [2.05, 4.69) is 39.8 Å². The number of hydroxylamine groups is 1. The Labute approximate surface area is 180 Å². The highest BCUT2D eigenvalue weighted by atomic mass is 16.6. The van der Waals surface area contributed by atoms with Crippen LogP contribution in [0.2, 0.25) is 0 Å². The lowest BCUT2D eigenvalue weighted by Crippen LogP contribution is -2.29. The Kier molecular flexibility index (Phi) is 6.27. The van der Waals surface area contributed by atoms with Crippen LogP contribution in [0.5, 0.6) is 0 Å². The van der Waals surface area contributed by atoms with Gasteiger partial charge in [0, 0.05) is 24.6 Å². The largest absolute Gasteiger partial charge is 0.354 e. The highest BCUT2D eigenvalue weighted by Crippen LogP contribution is 2.25. The number of aromatic nitrogens is 3. The second kappa shape index (κ2) is 9.26. The van der Waals surface area contributed by atoms with Gasteiger partial charge in [0.1, 0.15) is 5.56 Å². The van der Waals surface area contributed by atoms with Gasteiger partial charge < -0.3 is 9.88 Å². The number of nitrogens with one attached hydrogen (secondary N) is 2. The average Bonchev–Trinajstić information content (AvgIpc) is 2.79. The summed E-state index contributed by atoms with van der Waals surface area (Å²) in [6.07, 6.45) is 9.54. The van der Waals surface area contributed by atoms with E-state index in [0.717, 1.165) is 44.3 Å². The first-order chi connectivity index (χ1) is 15.1. The molecule has 2 heterocycles. The third-order valence-corrected chi connectivity index (χ3v) is 5.61. The summed E-state index contributed by atoms with van der Waals surface area (Å²) >= 11 is 0. The standard InChI is InChI=1S/C23H27N5O3/c1-3-4-11-24-23-25-13-18-20(29)19(22(30)27-31-2)14-28(21(18)26-23)17-10-9-15-7-5-6-8-16(15)12-17/h9-10,12-14H,3-8,11H2,1-2H3,(H,27,30)(H,24,25,26). The highest BCUT2D eigenvalue weighted by Gasteiger charge is 2.19. The van der Waals surface area contributed by atoms with Crippen LogP contribution >= 0.6 is 0 Å². The van der Waals surface area contributed by atoms with Crippen molar-refractivity contribution in [3.63, 3.8) is 0 Å². The van der Waals surface area contributed by atoms with E-state index in [4.69, 9.17) is 4.84 Å². The number of anilines is 1. The number of amides is 1. The van der Waals surface area contributed by atoms with Crippen LogP contribution in [0.3, 0.4) is 0 Å². The number of benzene rings is 1. The minimum atomic E-state index is -0.605. The van der Waals surface area contributed by atoms with Crippen LogP contribution in [0.4, 0.5) is 5.95 Å². The molecule has 3 aromatic rings. The van der Waals surface area contributed by atoms with Gasteiger partial charge in [-0.05, 0) is 55.4 Å². The Balaban J connectivity index is 1.89.